The number of allylic oxidation sites excluding steroid dienone is 1. The van der Waals surface area contributed by atoms with Gasteiger partial charge in [0.05, 0.1) is 30.1 Å². The second-order valence-electron chi connectivity index (χ2n) is 25.7. The average Bonchev–Trinajstić information content (AvgIpc) is 1.44. The fourth-order valence-corrected chi connectivity index (χ4v) is 13.2. The van der Waals surface area contributed by atoms with Crippen molar-refractivity contribution in [1.82, 2.24) is 47.5 Å². The summed E-state index contributed by atoms with van der Waals surface area (Å²) in [6.45, 7) is 14.0. The van der Waals surface area contributed by atoms with Crippen LogP contribution in [0.25, 0.3) is 6.08 Å². The molecule has 2 saturated heterocycles. The Bertz CT molecular complexity index is 3250. The van der Waals surface area contributed by atoms with Crippen molar-refractivity contribution >= 4 is 64.7 Å². The molecule has 8 bridgehead atoms. The molecule has 0 unspecified atom stereocenters. The number of phenols is 2. The number of carbonyl (C=O) groups is 8. The first kappa shape index (κ1) is 73.7. The van der Waals surface area contributed by atoms with Crippen molar-refractivity contribution in [3.05, 3.63) is 123 Å². The molecule has 4 aliphatic rings. The molecule has 23 nitrogen and oxygen atoms in total. The van der Waals surface area contributed by atoms with Gasteiger partial charge in [-0.2, -0.15) is 0 Å². The van der Waals surface area contributed by atoms with Gasteiger partial charge < -0.3 is 55.7 Å². The number of phenolic OH excluding ortho intramolecular Hbond substituents is 2. The minimum absolute atomic E-state index is 0.0333. The van der Waals surface area contributed by atoms with Gasteiger partial charge in [-0.05, 0) is 127 Å². The highest BCUT2D eigenvalue weighted by molar-refractivity contribution is 7.10. The quantitative estimate of drug-likeness (QED) is 0.0876. The van der Waals surface area contributed by atoms with E-state index in [-0.39, 0.29) is 78.6 Å². The predicted molar refractivity (Wildman–Crippen MR) is 356 cm³/mol. The van der Waals surface area contributed by atoms with E-state index in [9.17, 15) is 48.6 Å². The van der Waals surface area contributed by atoms with Crippen LogP contribution in [0, 0.1) is 29.6 Å². The molecule has 8 rings (SSSR count). The summed E-state index contributed by atoms with van der Waals surface area (Å²) in [5.41, 5.74) is 10.4. The van der Waals surface area contributed by atoms with Gasteiger partial charge in [0.15, 0.2) is 0 Å². The monoisotopic (exact) mass is 1320 g/mol. The Morgan fingerprint density at radius 1 is 0.596 bits per heavy atom. The van der Waals surface area contributed by atoms with Crippen molar-refractivity contribution in [2.24, 2.45) is 29.6 Å². The number of nitrogens with zero attached hydrogens (tertiary/aromatic N) is 2. The van der Waals surface area contributed by atoms with Gasteiger partial charge in [0.25, 0.3) is 11.8 Å². The molecule has 2 fully saturated rings. The van der Waals surface area contributed by atoms with E-state index < -0.39 is 83.8 Å². The second-order valence-corrected chi connectivity index (χ2v) is 26.6. The van der Waals surface area contributed by atoms with Crippen LogP contribution in [0.2, 0.25) is 0 Å². The first-order valence-corrected chi connectivity index (χ1v) is 33.6. The fraction of sp³-hybridized carbons (Fsp3) is 0.543. The Balaban J connectivity index is 0.000000267. The van der Waals surface area contributed by atoms with E-state index in [4.69, 9.17) is 18.9 Å². The van der Waals surface area contributed by atoms with Gasteiger partial charge >= 0.3 is 5.97 Å². The smallest absolute Gasteiger partial charge is 0.325 e. The van der Waals surface area contributed by atoms with E-state index in [1.807, 2.05) is 76.4 Å². The first-order chi connectivity index (χ1) is 45.0. The maximum absolute atomic E-state index is 14.1. The van der Waals surface area contributed by atoms with Gasteiger partial charge in [-0.25, -0.2) is 10.9 Å². The Morgan fingerprint density at radius 3 is 1.69 bits per heavy atom. The van der Waals surface area contributed by atoms with Crippen LogP contribution >= 0.6 is 11.3 Å². The number of hydrogen-bond donors (Lipinski definition) is 9. The summed E-state index contributed by atoms with van der Waals surface area (Å²) in [6.07, 6.45) is 7.95. The number of methoxy groups -OCH3 is 3. The average molecular weight is 1320 g/mol. The van der Waals surface area contributed by atoms with Crippen molar-refractivity contribution in [2.75, 3.05) is 34.4 Å². The molecule has 3 aromatic carbocycles. The van der Waals surface area contributed by atoms with Crippen molar-refractivity contribution in [3.8, 4) is 11.5 Å². The molecule has 0 saturated carbocycles. The van der Waals surface area contributed by atoms with Crippen LogP contribution in [0.3, 0.4) is 0 Å². The molecule has 1 aromatic heterocycles. The second kappa shape index (κ2) is 35.7. The molecule has 24 heteroatoms. The lowest BCUT2D eigenvalue weighted by Gasteiger charge is -2.36. The number of aryl methyl sites for hydroxylation is 1. The van der Waals surface area contributed by atoms with E-state index in [0.29, 0.717) is 75.7 Å². The van der Waals surface area contributed by atoms with Crippen LogP contribution in [0.1, 0.15) is 126 Å². The number of aromatic hydroxyl groups is 2. The van der Waals surface area contributed by atoms with Crippen molar-refractivity contribution in [2.45, 2.75) is 180 Å². The van der Waals surface area contributed by atoms with Crippen LogP contribution in [-0.4, -0.2) is 157 Å². The first-order valence-electron chi connectivity index (χ1n) is 32.7. The molecule has 12 atom stereocenters. The van der Waals surface area contributed by atoms with Crippen LogP contribution in [0.15, 0.2) is 90.3 Å². The molecule has 512 valence electrons. The highest BCUT2D eigenvalue weighted by Crippen LogP contribution is 2.27. The molecule has 0 spiro atoms. The highest BCUT2D eigenvalue weighted by atomic mass is 32.1. The van der Waals surface area contributed by atoms with Gasteiger partial charge in [0.1, 0.15) is 54.4 Å². The van der Waals surface area contributed by atoms with Crippen molar-refractivity contribution in [1.29, 1.82) is 0 Å². The van der Waals surface area contributed by atoms with Gasteiger partial charge in [0.2, 0.25) is 29.5 Å². The molecule has 4 aromatic rings. The molecule has 4 aliphatic heterocycles. The number of esters is 1. The van der Waals surface area contributed by atoms with Crippen molar-refractivity contribution < 1.29 is 67.5 Å². The van der Waals surface area contributed by atoms with Gasteiger partial charge in [-0.1, -0.05) is 109 Å². The minimum atomic E-state index is -1.05. The number of hydrogen-bond acceptors (Lipinski definition) is 17. The lowest BCUT2D eigenvalue weighted by Crippen LogP contribution is -2.63. The number of rotatable bonds is 9. The van der Waals surface area contributed by atoms with E-state index in [0.717, 1.165) is 28.0 Å². The lowest BCUT2D eigenvalue weighted by molar-refractivity contribution is -0.154. The molecule has 9 N–H and O–H groups in total. The van der Waals surface area contributed by atoms with Gasteiger partial charge in [-0.3, -0.25) is 48.4 Å². The van der Waals surface area contributed by atoms with E-state index in [1.165, 1.54) is 39.6 Å². The highest BCUT2D eigenvalue weighted by Gasteiger charge is 2.40. The molecular formula is C70H97N9O14S. The number of ether oxygens (including phenoxy) is 4. The number of nitrogens with one attached hydrogen (secondary N) is 7. The minimum Gasteiger partial charge on any atom is -0.508 e. The zero-order chi connectivity index (χ0) is 68.2. The summed E-state index contributed by atoms with van der Waals surface area (Å²) in [7, 11) is 4.80. The lowest BCUT2D eigenvalue weighted by atomic mass is 9.85. The van der Waals surface area contributed by atoms with E-state index in [1.54, 1.807) is 65.5 Å². The molecule has 5 heterocycles. The van der Waals surface area contributed by atoms with E-state index in [2.05, 4.69) is 43.5 Å². The topological polar surface area (TPSA) is 305 Å². The summed E-state index contributed by atoms with van der Waals surface area (Å²) in [6, 6.07) is 17.7. The normalized spacial score (nSPS) is 27.4. The molecule has 94 heavy (non-hydrogen) atoms. The molecule has 0 aliphatic carbocycles. The number of amides is 7. The zero-order valence-electron chi connectivity index (χ0n) is 55.8. The van der Waals surface area contributed by atoms with Crippen LogP contribution in [-0.2, 0) is 89.7 Å². The standard InChI is InChI=1S/C37H53N5O7.C33H44N4O7S/c1-22(2)32-36(46)39-30(20-26-11-8-13-28(43)19-26)37(47)42-17-9-14-29(41-42)35(45)38-21-27-12-7-10-25(18-27)15-16-31(48-5)23(3)33(49-6)24(4)34(44)40-32;1-20(2)29-31(40)34-27(17-22-10-7-11-24(38)15-22)32(41)37-14-8-12-26(36-37)33(42)44-18-25-16-23(19-45-25)9-5-6-13-28(43-4)21(3)30(39)35-29/h7-8,10-13,18-19,22-24,29-33,41,43H,9,14-17,20-21H2,1-6H3,(H,38,45)(H,39,46)(H,40,44);5,7,9-11,15-16,19-21,26-29,36,38H,6,8,12-14,17-18H2,1-4H3,(H,34,40)(H,35,39)/b;9-5+/t23-,24+,29-,30-,31-,32-,33+;21-,26+,27+,28-,29+/m01/s1. The number of hydrazine groups is 2. The number of carbonyl (C=O) groups excluding carboxylic acids is 8. The Hall–Kier alpha value is -7.74. The number of fused-ring (bicyclic) bond motifs is 8. The number of thiophene rings is 1. The SMILES string of the molecule is CO[C@@H]1CC/C=C/c2csc(c2)COC(=O)[C@@H]2CCCN(N2)C(=O)[C@H](Cc2cccc(O)c2)NC(=O)[C@H](C(C)C)NC(=O)[C@@H]1C.CO[C@@H]1[C@@H](C)[C@@H](OC)CCc2cccc(c2)CNC(=O)[C@@H]2CCCN(N2)C(=O)[C@H](Cc2cccc(O)c2)NC(=O)[C@H](C(C)C)NC(=O)[C@@H]1C. The van der Waals surface area contributed by atoms with Crippen molar-refractivity contribution in [3.63, 3.8) is 0 Å². The maximum Gasteiger partial charge on any atom is 0.325 e. The van der Waals surface area contributed by atoms with Gasteiger partial charge in [-0.15, -0.1) is 11.3 Å². The Labute approximate surface area is 556 Å². The fourth-order valence-electron chi connectivity index (χ4n) is 12.4. The summed E-state index contributed by atoms with van der Waals surface area (Å²) in [5, 5.41) is 39.5. The number of benzene rings is 3. The summed E-state index contributed by atoms with van der Waals surface area (Å²) in [5.74, 6) is -5.07. The summed E-state index contributed by atoms with van der Waals surface area (Å²) < 4.78 is 23.0. The maximum atomic E-state index is 14.1. The summed E-state index contributed by atoms with van der Waals surface area (Å²) in [4.78, 5) is 110. The number of cyclic esters (lactones) is 1. The third-order valence-corrected chi connectivity index (χ3v) is 18.9. The van der Waals surface area contributed by atoms with E-state index >= 15 is 0 Å². The summed E-state index contributed by atoms with van der Waals surface area (Å²) >= 11 is 1.49. The predicted octanol–water partition coefficient (Wildman–Crippen LogP) is 5.94. The largest absolute Gasteiger partial charge is 0.508 e. The van der Waals surface area contributed by atoms with Crippen LogP contribution in [0.4, 0.5) is 0 Å². The molecule has 7 amide bonds. The van der Waals surface area contributed by atoms with Crippen LogP contribution < -0.4 is 37.4 Å². The Kier molecular flexibility index (Phi) is 28.0. The third kappa shape index (κ3) is 20.9. The Morgan fingerprint density at radius 2 is 1.14 bits per heavy atom. The third-order valence-electron chi connectivity index (χ3n) is 17.9. The zero-order valence-corrected chi connectivity index (χ0v) is 56.6. The van der Waals surface area contributed by atoms with Crippen LogP contribution in [0.5, 0.6) is 11.5 Å². The molecular weight excluding hydrogens is 1220 g/mol. The molecule has 0 radical (unpaired) electrons. The van der Waals surface area contributed by atoms with Gasteiger partial charge in [0, 0.05) is 64.6 Å².